The molecule has 1 aliphatic rings. The monoisotopic (exact) mass is 274 g/mol. The number of carbonyl (C=O) groups is 2. The zero-order chi connectivity index (χ0) is 14.2. The van der Waals surface area contributed by atoms with Gasteiger partial charge < -0.3 is 5.11 Å². The van der Waals surface area contributed by atoms with Gasteiger partial charge in [-0.3, -0.25) is 9.69 Å². The SMILES string of the molecule is O=C(O)C1CCC(=O)N1c1ccc(C(F)(F)F)nc1. The molecule has 0 spiro atoms. The zero-order valence-electron chi connectivity index (χ0n) is 9.52. The highest BCUT2D eigenvalue weighted by Gasteiger charge is 2.38. The summed E-state index contributed by atoms with van der Waals surface area (Å²) in [5, 5.41) is 8.95. The minimum atomic E-state index is -4.57. The summed E-state index contributed by atoms with van der Waals surface area (Å²) < 4.78 is 37.0. The first-order chi connectivity index (χ1) is 8.80. The summed E-state index contributed by atoms with van der Waals surface area (Å²) in [5.74, 6) is -1.63. The number of rotatable bonds is 2. The molecule has 0 aromatic carbocycles. The highest BCUT2D eigenvalue weighted by Crippen LogP contribution is 2.31. The van der Waals surface area contributed by atoms with Crippen LogP contribution in [0.15, 0.2) is 18.3 Å². The van der Waals surface area contributed by atoms with Crippen molar-refractivity contribution in [1.29, 1.82) is 0 Å². The lowest BCUT2D eigenvalue weighted by molar-refractivity contribution is -0.141. The van der Waals surface area contributed by atoms with Crippen LogP contribution in [0.25, 0.3) is 0 Å². The van der Waals surface area contributed by atoms with Crippen molar-refractivity contribution >= 4 is 17.6 Å². The molecule has 1 fully saturated rings. The number of carboxylic acid groups (broad SMARTS) is 1. The van der Waals surface area contributed by atoms with Gasteiger partial charge in [0.2, 0.25) is 5.91 Å². The molecule has 1 N–H and O–H groups in total. The Morgan fingerprint density at radius 3 is 2.58 bits per heavy atom. The Morgan fingerprint density at radius 1 is 1.42 bits per heavy atom. The number of pyridine rings is 1. The fraction of sp³-hybridized carbons (Fsp3) is 0.364. The number of anilines is 1. The van der Waals surface area contributed by atoms with Crippen LogP contribution in [0.5, 0.6) is 0 Å². The van der Waals surface area contributed by atoms with Crippen molar-refractivity contribution in [2.75, 3.05) is 4.90 Å². The third-order valence-corrected chi connectivity index (χ3v) is 2.81. The van der Waals surface area contributed by atoms with E-state index in [-0.39, 0.29) is 18.5 Å². The maximum absolute atomic E-state index is 12.3. The molecule has 102 valence electrons. The molecule has 19 heavy (non-hydrogen) atoms. The van der Waals surface area contributed by atoms with E-state index in [1.807, 2.05) is 0 Å². The third kappa shape index (κ3) is 2.51. The summed E-state index contributed by atoms with van der Waals surface area (Å²) in [4.78, 5) is 26.7. The summed E-state index contributed by atoms with van der Waals surface area (Å²) in [5.41, 5.74) is -1.03. The van der Waals surface area contributed by atoms with Gasteiger partial charge in [0, 0.05) is 6.42 Å². The van der Waals surface area contributed by atoms with Crippen molar-refractivity contribution < 1.29 is 27.9 Å². The molecule has 1 aromatic heterocycles. The van der Waals surface area contributed by atoms with E-state index >= 15 is 0 Å². The summed E-state index contributed by atoms with van der Waals surface area (Å²) in [6.07, 6.45) is -3.52. The van der Waals surface area contributed by atoms with Crippen molar-refractivity contribution in [3.63, 3.8) is 0 Å². The number of carbonyl (C=O) groups excluding carboxylic acids is 1. The van der Waals surface area contributed by atoms with Gasteiger partial charge in [-0.1, -0.05) is 0 Å². The molecule has 1 aromatic rings. The number of hydrogen-bond acceptors (Lipinski definition) is 3. The Morgan fingerprint density at radius 2 is 2.11 bits per heavy atom. The summed E-state index contributed by atoms with van der Waals surface area (Å²) >= 11 is 0. The molecule has 2 heterocycles. The molecule has 1 atom stereocenters. The van der Waals surface area contributed by atoms with Crippen LogP contribution in [0.1, 0.15) is 18.5 Å². The molecule has 2 rings (SSSR count). The van der Waals surface area contributed by atoms with Gasteiger partial charge in [-0.25, -0.2) is 9.78 Å². The first kappa shape index (κ1) is 13.3. The second kappa shape index (κ2) is 4.52. The maximum atomic E-state index is 12.3. The predicted octanol–water partition coefficient (Wildman–Crippen LogP) is 1.68. The van der Waals surface area contributed by atoms with E-state index < -0.39 is 29.8 Å². The third-order valence-electron chi connectivity index (χ3n) is 2.81. The zero-order valence-corrected chi connectivity index (χ0v) is 9.52. The lowest BCUT2D eigenvalue weighted by Crippen LogP contribution is -2.38. The first-order valence-corrected chi connectivity index (χ1v) is 5.39. The van der Waals surface area contributed by atoms with E-state index in [2.05, 4.69) is 4.98 Å². The number of carboxylic acids is 1. The van der Waals surface area contributed by atoms with Crippen molar-refractivity contribution in [1.82, 2.24) is 4.98 Å². The molecule has 0 bridgehead atoms. The van der Waals surface area contributed by atoms with Crippen molar-refractivity contribution in [2.45, 2.75) is 25.1 Å². The summed E-state index contributed by atoms with van der Waals surface area (Å²) in [7, 11) is 0. The normalized spacial score (nSPS) is 19.8. The van der Waals surface area contributed by atoms with Crippen LogP contribution in [0.3, 0.4) is 0 Å². The number of aliphatic carboxylic acids is 1. The molecule has 1 saturated heterocycles. The lowest BCUT2D eigenvalue weighted by atomic mass is 10.2. The Kier molecular flexibility index (Phi) is 3.17. The number of amides is 1. The molecule has 1 aliphatic heterocycles. The average molecular weight is 274 g/mol. The van der Waals surface area contributed by atoms with Crippen LogP contribution < -0.4 is 4.90 Å². The van der Waals surface area contributed by atoms with E-state index in [0.717, 1.165) is 23.2 Å². The van der Waals surface area contributed by atoms with E-state index in [4.69, 9.17) is 5.11 Å². The van der Waals surface area contributed by atoms with Gasteiger partial charge in [-0.2, -0.15) is 13.2 Å². The van der Waals surface area contributed by atoms with Crippen LogP contribution in [0.4, 0.5) is 18.9 Å². The van der Waals surface area contributed by atoms with E-state index in [1.165, 1.54) is 0 Å². The quantitative estimate of drug-likeness (QED) is 0.890. The highest BCUT2D eigenvalue weighted by molar-refractivity contribution is 6.02. The second-order valence-electron chi connectivity index (χ2n) is 4.06. The van der Waals surface area contributed by atoms with Gasteiger partial charge >= 0.3 is 12.1 Å². The highest BCUT2D eigenvalue weighted by atomic mass is 19.4. The minimum Gasteiger partial charge on any atom is -0.480 e. The standard InChI is InChI=1S/C11H9F3N2O3/c12-11(13,14)8-3-1-6(5-15-8)16-7(10(18)19)2-4-9(16)17/h1,3,5,7H,2,4H2,(H,18,19). The molecule has 0 saturated carbocycles. The van der Waals surface area contributed by atoms with Gasteiger partial charge in [0.25, 0.3) is 0 Å². The molecule has 8 heteroatoms. The van der Waals surface area contributed by atoms with Crippen LogP contribution in [0, 0.1) is 0 Å². The predicted molar refractivity (Wildman–Crippen MR) is 57.4 cm³/mol. The Labute approximate surface area is 105 Å². The lowest BCUT2D eigenvalue weighted by Gasteiger charge is -2.21. The van der Waals surface area contributed by atoms with Crippen molar-refractivity contribution in [3.05, 3.63) is 24.0 Å². The largest absolute Gasteiger partial charge is 0.480 e. The Hall–Kier alpha value is -2.12. The first-order valence-electron chi connectivity index (χ1n) is 5.39. The molecule has 5 nitrogen and oxygen atoms in total. The van der Waals surface area contributed by atoms with E-state index in [1.54, 1.807) is 0 Å². The fourth-order valence-corrected chi connectivity index (χ4v) is 1.94. The molecular formula is C11H9F3N2O3. The minimum absolute atomic E-state index is 0.0536. The average Bonchev–Trinajstić information content (AvgIpc) is 2.70. The number of hydrogen-bond donors (Lipinski definition) is 1. The molecule has 0 radical (unpaired) electrons. The Bertz CT molecular complexity index is 513. The van der Waals surface area contributed by atoms with Gasteiger partial charge in [0.05, 0.1) is 11.9 Å². The van der Waals surface area contributed by atoms with Crippen molar-refractivity contribution in [3.8, 4) is 0 Å². The van der Waals surface area contributed by atoms with E-state index in [9.17, 15) is 22.8 Å². The van der Waals surface area contributed by atoms with Gasteiger partial charge in [-0.15, -0.1) is 0 Å². The summed E-state index contributed by atoms with van der Waals surface area (Å²) in [6, 6.07) is 0.723. The number of aromatic nitrogens is 1. The smallest absolute Gasteiger partial charge is 0.433 e. The second-order valence-corrected chi connectivity index (χ2v) is 4.06. The van der Waals surface area contributed by atoms with E-state index in [0.29, 0.717) is 0 Å². The maximum Gasteiger partial charge on any atom is 0.433 e. The number of alkyl halides is 3. The summed E-state index contributed by atoms with van der Waals surface area (Å²) in [6.45, 7) is 0. The molecular weight excluding hydrogens is 265 g/mol. The van der Waals surface area contributed by atoms with Crippen molar-refractivity contribution in [2.24, 2.45) is 0 Å². The topological polar surface area (TPSA) is 70.5 Å². The van der Waals surface area contributed by atoms with Gasteiger partial charge in [0.15, 0.2) is 0 Å². The van der Waals surface area contributed by atoms with Crippen LogP contribution >= 0.6 is 0 Å². The number of halogens is 3. The van der Waals surface area contributed by atoms with Crippen LogP contribution in [-0.2, 0) is 15.8 Å². The molecule has 1 unspecified atom stereocenters. The molecule has 0 aliphatic carbocycles. The van der Waals surface area contributed by atoms with Crippen LogP contribution in [0.2, 0.25) is 0 Å². The number of nitrogens with zero attached hydrogens (tertiary/aromatic N) is 2. The van der Waals surface area contributed by atoms with Gasteiger partial charge in [0.1, 0.15) is 11.7 Å². The fourth-order valence-electron chi connectivity index (χ4n) is 1.94. The van der Waals surface area contributed by atoms with Crippen LogP contribution in [-0.4, -0.2) is 28.0 Å². The Balaban J connectivity index is 2.31. The van der Waals surface area contributed by atoms with Gasteiger partial charge in [-0.05, 0) is 18.6 Å². The molecule has 1 amide bonds.